The van der Waals surface area contributed by atoms with Gasteiger partial charge in [-0.05, 0) is 50.4 Å². The highest BCUT2D eigenvalue weighted by molar-refractivity contribution is 5.47. The molecule has 1 aliphatic rings. The summed E-state index contributed by atoms with van der Waals surface area (Å²) >= 11 is 0. The Morgan fingerprint density at radius 1 is 1.21 bits per heavy atom. The molecular formula is C16H26N2O. The molecule has 0 spiro atoms. The summed E-state index contributed by atoms with van der Waals surface area (Å²) in [4.78, 5) is 2.12. The van der Waals surface area contributed by atoms with Crippen molar-refractivity contribution in [3.63, 3.8) is 0 Å². The zero-order valence-corrected chi connectivity index (χ0v) is 12.3. The Labute approximate surface area is 116 Å². The van der Waals surface area contributed by atoms with E-state index >= 15 is 0 Å². The van der Waals surface area contributed by atoms with Crippen molar-refractivity contribution < 1.29 is 5.11 Å². The molecule has 0 radical (unpaired) electrons. The second kappa shape index (κ2) is 5.93. The zero-order chi connectivity index (χ0) is 13.9. The van der Waals surface area contributed by atoms with Crippen LogP contribution in [0.3, 0.4) is 0 Å². The molecule has 0 unspecified atom stereocenters. The molecule has 106 valence electrons. The molecule has 2 rings (SSSR count). The molecule has 0 bridgehead atoms. The second-order valence-corrected chi connectivity index (χ2v) is 5.98. The van der Waals surface area contributed by atoms with E-state index in [-0.39, 0.29) is 11.5 Å². The van der Waals surface area contributed by atoms with Crippen LogP contribution >= 0.6 is 0 Å². The lowest BCUT2D eigenvalue weighted by Gasteiger charge is -2.39. The van der Waals surface area contributed by atoms with E-state index in [9.17, 15) is 5.11 Å². The minimum absolute atomic E-state index is 0.106. The van der Waals surface area contributed by atoms with E-state index in [0.29, 0.717) is 0 Å². The van der Waals surface area contributed by atoms with E-state index in [1.807, 2.05) is 7.05 Å². The van der Waals surface area contributed by atoms with Crippen LogP contribution in [0.15, 0.2) is 24.3 Å². The third-order valence-electron chi connectivity index (χ3n) is 4.42. The molecule has 0 aromatic heterocycles. The molecule has 0 heterocycles. The van der Waals surface area contributed by atoms with Crippen molar-refractivity contribution in [3.8, 4) is 0 Å². The first-order chi connectivity index (χ1) is 9.07. The molecule has 1 aromatic carbocycles. The Kier molecular flexibility index (Phi) is 4.48. The first-order valence-electron chi connectivity index (χ1n) is 7.18. The van der Waals surface area contributed by atoms with E-state index in [1.54, 1.807) is 0 Å². The van der Waals surface area contributed by atoms with Crippen LogP contribution in [0.2, 0.25) is 0 Å². The van der Waals surface area contributed by atoms with Crippen molar-refractivity contribution in [3.05, 3.63) is 29.8 Å². The molecule has 3 nitrogen and oxygen atoms in total. The highest BCUT2D eigenvalue weighted by atomic mass is 16.3. The highest BCUT2D eigenvalue weighted by Crippen LogP contribution is 2.39. The molecule has 0 amide bonds. The maximum absolute atomic E-state index is 9.75. The number of benzene rings is 1. The number of hydrogen-bond donors (Lipinski definition) is 2. The predicted octanol–water partition coefficient (Wildman–Crippen LogP) is 2.14. The average Bonchev–Trinajstić information content (AvgIpc) is 2.42. The lowest BCUT2D eigenvalue weighted by atomic mass is 9.68. The van der Waals surface area contributed by atoms with Gasteiger partial charge in [-0.1, -0.05) is 12.1 Å². The van der Waals surface area contributed by atoms with Gasteiger partial charge >= 0.3 is 0 Å². The van der Waals surface area contributed by atoms with Crippen LogP contribution in [0.25, 0.3) is 0 Å². The number of rotatable bonds is 4. The molecule has 1 saturated carbocycles. The molecule has 1 aliphatic carbocycles. The minimum atomic E-state index is -0.106. The number of nitrogens with zero attached hydrogens (tertiary/aromatic N) is 1. The third kappa shape index (κ3) is 3.10. The van der Waals surface area contributed by atoms with Gasteiger partial charge in [0.1, 0.15) is 0 Å². The first-order valence-corrected chi connectivity index (χ1v) is 7.18. The van der Waals surface area contributed by atoms with Gasteiger partial charge in [0, 0.05) is 31.7 Å². The number of anilines is 1. The van der Waals surface area contributed by atoms with Gasteiger partial charge in [0.15, 0.2) is 0 Å². The van der Waals surface area contributed by atoms with Crippen molar-refractivity contribution in [1.82, 2.24) is 5.32 Å². The van der Waals surface area contributed by atoms with Crippen molar-refractivity contribution in [2.45, 2.75) is 37.2 Å². The van der Waals surface area contributed by atoms with Crippen molar-refractivity contribution >= 4 is 5.69 Å². The molecule has 0 atom stereocenters. The highest BCUT2D eigenvalue weighted by Gasteiger charge is 2.35. The van der Waals surface area contributed by atoms with Crippen molar-refractivity contribution in [2.24, 2.45) is 0 Å². The molecule has 1 aromatic rings. The number of nitrogens with one attached hydrogen (secondary N) is 1. The summed E-state index contributed by atoms with van der Waals surface area (Å²) in [6.45, 7) is 0.987. The van der Waals surface area contributed by atoms with Gasteiger partial charge in [-0.2, -0.15) is 0 Å². The average molecular weight is 262 g/mol. The van der Waals surface area contributed by atoms with Crippen molar-refractivity contribution in [2.75, 3.05) is 32.6 Å². The molecule has 1 fully saturated rings. The van der Waals surface area contributed by atoms with Gasteiger partial charge in [-0.3, -0.25) is 0 Å². The number of aliphatic hydroxyl groups excluding tert-OH is 1. The summed E-state index contributed by atoms with van der Waals surface area (Å²) in [6, 6.07) is 8.89. The number of likely N-dealkylation sites (N-methyl/N-ethyl adjacent to an activating group) is 1. The van der Waals surface area contributed by atoms with E-state index in [0.717, 1.165) is 32.2 Å². The van der Waals surface area contributed by atoms with Crippen LogP contribution in [-0.2, 0) is 5.41 Å². The van der Waals surface area contributed by atoms with Crippen LogP contribution in [0, 0.1) is 0 Å². The molecular weight excluding hydrogens is 236 g/mol. The first kappa shape index (κ1) is 14.4. The summed E-state index contributed by atoms with van der Waals surface area (Å²) in [6.07, 6.45) is 3.85. The molecule has 19 heavy (non-hydrogen) atoms. The van der Waals surface area contributed by atoms with E-state index in [2.05, 4.69) is 48.6 Å². The Morgan fingerprint density at radius 2 is 1.79 bits per heavy atom. The van der Waals surface area contributed by atoms with Gasteiger partial charge < -0.3 is 15.3 Å². The van der Waals surface area contributed by atoms with Crippen LogP contribution in [-0.4, -0.2) is 38.9 Å². The zero-order valence-electron chi connectivity index (χ0n) is 12.3. The Bertz CT molecular complexity index is 392. The van der Waals surface area contributed by atoms with E-state index in [1.165, 1.54) is 11.3 Å². The van der Waals surface area contributed by atoms with Crippen LogP contribution < -0.4 is 10.2 Å². The lowest BCUT2D eigenvalue weighted by molar-refractivity contribution is 0.0952. The molecule has 2 N–H and O–H groups in total. The largest absolute Gasteiger partial charge is 0.393 e. The van der Waals surface area contributed by atoms with Gasteiger partial charge in [-0.25, -0.2) is 0 Å². The fraction of sp³-hybridized carbons (Fsp3) is 0.625. The smallest absolute Gasteiger partial charge is 0.0541 e. The number of hydrogen-bond acceptors (Lipinski definition) is 3. The van der Waals surface area contributed by atoms with Gasteiger partial charge in [-0.15, -0.1) is 0 Å². The van der Waals surface area contributed by atoms with Crippen LogP contribution in [0.5, 0.6) is 0 Å². The van der Waals surface area contributed by atoms with Gasteiger partial charge in [0.05, 0.1) is 6.10 Å². The van der Waals surface area contributed by atoms with E-state index in [4.69, 9.17) is 0 Å². The topological polar surface area (TPSA) is 35.5 Å². The van der Waals surface area contributed by atoms with Crippen molar-refractivity contribution in [1.29, 1.82) is 0 Å². The molecule has 0 aliphatic heterocycles. The Morgan fingerprint density at radius 3 is 2.26 bits per heavy atom. The Balaban J connectivity index is 2.23. The lowest BCUT2D eigenvalue weighted by Crippen LogP contribution is -2.41. The summed E-state index contributed by atoms with van der Waals surface area (Å²) in [5.41, 5.74) is 2.83. The fourth-order valence-corrected chi connectivity index (χ4v) is 3.17. The minimum Gasteiger partial charge on any atom is -0.393 e. The third-order valence-corrected chi connectivity index (χ3v) is 4.42. The fourth-order valence-electron chi connectivity index (χ4n) is 3.17. The normalized spacial score (nSPS) is 27.3. The number of aliphatic hydroxyl groups is 1. The molecule has 3 heteroatoms. The molecule has 0 saturated heterocycles. The SMILES string of the molecule is CNCC1(c2ccc(N(C)C)cc2)CCC(O)CC1. The van der Waals surface area contributed by atoms with Crippen LogP contribution in [0.4, 0.5) is 5.69 Å². The monoisotopic (exact) mass is 262 g/mol. The van der Waals surface area contributed by atoms with Crippen LogP contribution in [0.1, 0.15) is 31.2 Å². The maximum Gasteiger partial charge on any atom is 0.0541 e. The summed E-state index contributed by atoms with van der Waals surface area (Å²) < 4.78 is 0. The van der Waals surface area contributed by atoms with Gasteiger partial charge in [0.25, 0.3) is 0 Å². The Hall–Kier alpha value is -1.06. The standard InChI is InChI=1S/C16H26N2O/c1-17-12-16(10-8-15(19)9-11-16)13-4-6-14(7-5-13)18(2)3/h4-7,15,17,19H,8-12H2,1-3H3. The quantitative estimate of drug-likeness (QED) is 0.872. The summed E-state index contributed by atoms with van der Waals surface area (Å²) in [5, 5.41) is 13.1. The maximum atomic E-state index is 9.75. The van der Waals surface area contributed by atoms with E-state index < -0.39 is 0 Å². The second-order valence-electron chi connectivity index (χ2n) is 5.98. The van der Waals surface area contributed by atoms with Gasteiger partial charge in [0.2, 0.25) is 0 Å². The predicted molar refractivity (Wildman–Crippen MR) is 80.8 cm³/mol. The summed E-state index contributed by atoms with van der Waals surface area (Å²) in [5.74, 6) is 0. The summed E-state index contributed by atoms with van der Waals surface area (Å²) in [7, 11) is 6.14.